The van der Waals surface area contributed by atoms with E-state index < -0.39 is 47.5 Å². The van der Waals surface area contributed by atoms with Gasteiger partial charge in [-0.15, -0.1) is 0 Å². The molecule has 1 saturated heterocycles. The van der Waals surface area contributed by atoms with E-state index in [4.69, 9.17) is 21.3 Å². The molecule has 0 aromatic heterocycles. The summed E-state index contributed by atoms with van der Waals surface area (Å²) >= 11 is 0. The molecular weight excluding hydrogens is 400 g/mol. The first-order valence-electron chi connectivity index (χ1n) is 11.3. The number of nitrogens with zero attached hydrogens (tertiary/aromatic N) is 2. The molecule has 0 spiro atoms. The first-order valence-corrected chi connectivity index (χ1v) is 11.3. The van der Waals surface area contributed by atoms with Crippen LogP contribution in [0.2, 0.25) is 0 Å². The van der Waals surface area contributed by atoms with Crippen LogP contribution in [0.25, 0.3) is 0 Å². The molecule has 6 fully saturated rings. The molecule has 6 aliphatic rings. The number of aliphatic carboxylic acids is 1. The fourth-order valence-corrected chi connectivity index (χ4v) is 7.60. The first kappa shape index (κ1) is 20.7. The van der Waals surface area contributed by atoms with E-state index in [9.17, 15) is 19.6 Å². The van der Waals surface area contributed by atoms with Crippen LogP contribution in [0.15, 0.2) is 0 Å². The molecule has 2 unspecified atom stereocenters. The van der Waals surface area contributed by atoms with Crippen molar-refractivity contribution in [3.63, 3.8) is 0 Å². The van der Waals surface area contributed by atoms with Crippen LogP contribution in [-0.2, 0) is 19.1 Å². The van der Waals surface area contributed by atoms with Crippen molar-refractivity contribution in [2.45, 2.75) is 87.6 Å². The molecule has 1 heterocycles. The number of amides is 1. The zero-order valence-electron chi connectivity index (χ0n) is 17.5. The molecule has 4 bridgehead atoms. The molecule has 168 valence electrons. The average molecular weight is 431 g/mol. The van der Waals surface area contributed by atoms with Gasteiger partial charge in [0.15, 0.2) is 0 Å². The molecule has 5 N–H and O–H groups in total. The van der Waals surface area contributed by atoms with E-state index in [0.717, 1.165) is 32.1 Å². The van der Waals surface area contributed by atoms with Gasteiger partial charge in [0.25, 0.3) is 0 Å². The van der Waals surface area contributed by atoms with Crippen molar-refractivity contribution in [2.24, 2.45) is 34.6 Å². The number of carbonyl (C=O) groups is 3. The number of nitriles is 1. The topological polar surface area (TPSA) is 160 Å². The predicted octanol–water partition coefficient (Wildman–Crippen LogP) is 0.511. The Morgan fingerprint density at radius 3 is 2.42 bits per heavy atom. The maximum Gasteiger partial charge on any atom is 0.324 e. The summed E-state index contributed by atoms with van der Waals surface area (Å²) in [5, 5.41) is 18.4. The van der Waals surface area contributed by atoms with Gasteiger partial charge in [-0.25, -0.2) is 0 Å². The molecule has 1 amide bonds. The van der Waals surface area contributed by atoms with Crippen LogP contribution >= 0.6 is 0 Å². The third kappa shape index (κ3) is 3.31. The van der Waals surface area contributed by atoms with Gasteiger partial charge in [-0.2, -0.15) is 5.26 Å². The van der Waals surface area contributed by atoms with Gasteiger partial charge < -0.3 is 26.2 Å². The summed E-state index contributed by atoms with van der Waals surface area (Å²) in [7, 11) is 0. The summed E-state index contributed by atoms with van der Waals surface area (Å²) in [6, 6.07) is 0.0966. The summed E-state index contributed by atoms with van der Waals surface area (Å²) in [6.07, 6.45) is 5.85. The predicted molar refractivity (Wildman–Crippen MR) is 107 cm³/mol. The lowest BCUT2D eigenvalue weighted by molar-refractivity contribution is -0.207. The standard InChI is InChI=1S/C22H30N4O5/c23-9-14-2-13-3-16(13)26(14)19(29)18(25)21-5-11-1-12(6-21)8-22(7-11,10-21)31-20(30)15(24)4-17(27)28/h11-16,18H,1-8,10,24-25H2,(H,27,28)/t11?,12?,13-,14+,15-,16+,18-,21?,22?/m1/s1. The summed E-state index contributed by atoms with van der Waals surface area (Å²) in [5.41, 5.74) is 11.2. The number of carboxylic acid groups (broad SMARTS) is 1. The van der Waals surface area contributed by atoms with Crippen LogP contribution in [0.4, 0.5) is 0 Å². The third-order valence-corrected chi connectivity index (χ3v) is 8.50. The minimum atomic E-state index is -1.20. The van der Waals surface area contributed by atoms with Gasteiger partial charge >= 0.3 is 11.9 Å². The Balaban J connectivity index is 1.36. The highest BCUT2D eigenvalue weighted by Gasteiger charge is 2.64. The van der Waals surface area contributed by atoms with Crippen molar-refractivity contribution >= 4 is 17.8 Å². The number of fused-ring (bicyclic) bond motifs is 1. The van der Waals surface area contributed by atoms with E-state index in [1.807, 2.05) is 0 Å². The minimum Gasteiger partial charge on any atom is -0.481 e. The maximum atomic E-state index is 13.5. The Labute approximate surface area is 181 Å². The number of hydrogen-bond donors (Lipinski definition) is 3. The van der Waals surface area contributed by atoms with Crippen LogP contribution in [0.3, 0.4) is 0 Å². The number of esters is 1. The SMILES string of the molecule is N#C[C@@H]1C[C@@H]2C[C@@H]2N1C(=O)[C@@H](N)C12CC3CC(CC(OC(=O)[C@H](N)CC(=O)O)(C3)C1)C2. The zero-order valence-corrected chi connectivity index (χ0v) is 17.5. The molecule has 1 aliphatic heterocycles. The molecule has 0 radical (unpaired) electrons. The van der Waals surface area contributed by atoms with Crippen molar-refractivity contribution in [1.82, 2.24) is 4.90 Å². The highest BCUT2D eigenvalue weighted by atomic mass is 16.6. The molecule has 6 rings (SSSR count). The number of rotatable bonds is 6. The monoisotopic (exact) mass is 430 g/mol. The number of piperidine rings is 1. The summed E-state index contributed by atoms with van der Waals surface area (Å²) in [5.74, 6) is -0.896. The molecule has 9 heteroatoms. The smallest absolute Gasteiger partial charge is 0.324 e. The number of carboxylic acids is 1. The van der Waals surface area contributed by atoms with E-state index in [1.165, 1.54) is 0 Å². The molecule has 0 aromatic carbocycles. The Hall–Kier alpha value is -2.18. The fourth-order valence-electron chi connectivity index (χ4n) is 7.60. The van der Waals surface area contributed by atoms with Crippen LogP contribution < -0.4 is 11.5 Å². The van der Waals surface area contributed by atoms with E-state index >= 15 is 0 Å². The van der Waals surface area contributed by atoms with Crippen molar-refractivity contribution in [2.75, 3.05) is 0 Å². The molecular formula is C22H30N4O5. The summed E-state index contributed by atoms with van der Waals surface area (Å²) in [4.78, 5) is 38.7. The van der Waals surface area contributed by atoms with E-state index in [1.54, 1.807) is 4.90 Å². The normalized spacial score (nSPS) is 43.6. The number of likely N-dealkylation sites (tertiary alicyclic amines) is 1. The molecule has 9 nitrogen and oxygen atoms in total. The van der Waals surface area contributed by atoms with E-state index in [2.05, 4.69) is 6.07 Å². The van der Waals surface area contributed by atoms with E-state index in [0.29, 0.717) is 37.0 Å². The number of nitrogens with two attached hydrogens (primary N) is 2. The molecule has 0 aromatic rings. The first-order chi connectivity index (χ1) is 14.7. The zero-order chi connectivity index (χ0) is 22.1. The highest BCUT2D eigenvalue weighted by Crippen LogP contribution is 2.64. The van der Waals surface area contributed by atoms with Gasteiger partial charge in [-0.1, -0.05) is 0 Å². The van der Waals surface area contributed by atoms with Crippen molar-refractivity contribution in [1.29, 1.82) is 5.26 Å². The second kappa shape index (κ2) is 6.91. The molecule has 7 atom stereocenters. The molecule has 31 heavy (non-hydrogen) atoms. The van der Waals surface area contributed by atoms with Crippen LogP contribution in [0, 0.1) is 34.5 Å². The molecule has 5 aliphatic carbocycles. The lowest BCUT2D eigenvalue weighted by atomic mass is 9.46. The van der Waals surface area contributed by atoms with Crippen LogP contribution in [0.5, 0.6) is 0 Å². The van der Waals surface area contributed by atoms with Gasteiger partial charge in [-0.05, 0) is 74.5 Å². The number of ether oxygens (including phenoxy) is 1. The van der Waals surface area contributed by atoms with Gasteiger partial charge in [-0.3, -0.25) is 14.4 Å². The van der Waals surface area contributed by atoms with Gasteiger partial charge in [0.1, 0.15) is 17.7 Å². The number of carbonyl (C=O) groups excluding carboxylic acids is 2. The maximum absolute atomic E-state index is 13.5. The van der Waals surface area contributed by atoms with Crippen LogP contribution in [0.1, 0.15) is 57.8 Å². The van der Waals surface area contributed by atoms with Gasteiger partial charge in [0, 0.05) is 6.04 Å². The minimum absolute atomic E-state index is 0.137. The Morgan fingerprint density at radius 1 is 1.13 bits per heavy atom. The Kier molecular flexibility index (Phi) is 4.61. The largest absolute Gasteiger partial charge is 0.481 e. The van der Waals surface area contributed by atoms with Crippen LogP contribution in [-0.4, -0.2) is 57.6 Å². The second-order valence-corrected chi connectivity index (χ2v) is 10.8. The van der Waals surface area contributed by atoms with Crippen molar-refractivity contribution in [3.05, 3.63) is 0 Å². The third-order valence-electron chi connectivity index (χ3n) is 8.50. The molecule has 5 saturated carbocycles. The Morgan fingerprint density at radius 2 is 1.81 bits per heavy atom. The van der Waals surface area contributed by atoms with Crippen molar-refractivity contribution in [3.8, 4) is 6.07 Å². The lowest BCUT2D eigenvalue weighted by Gasteiger charge is -2.62. The second-order valence-electron chi connectivity index (χ2n) is 10.8. The van der Waals surface area contributed by atoms with Gasteiger partial charge in [0.05, 0.1) is 18.5 Å². The van der Waals surface area contributed by atoms with Gasteiger partial charge in [0.2, 0.25) is 5.91 Å². The fraction of sp³-hybridized carbons (Fsp3) is 0.818. The quantitative estimate of drug-likeness (QED) is 0.514. The lowest BCUT2D eigenvalue weighted by Crippen LogP contribution is -2.66. The summed E-state index contributed by atoms with van der Waals surface area (Å²) in [6.45, 7) is 0. The highest BCUT2D eigenvalue weighted by molar-refractivity contribution is 5.85. The summed E-state index contributed by atoms with van der Waals surface area (Å²) < 4.78 is 5.91. The van der Waals surface area contributed by atoms with E-state index in [-0.39, 0.29) is 11.9 Å². The Bertz CT molecular complexity index is 854. The van der Waals surface area contributed by atoms with Crippen molar-refractivity contribution < 1.29 is 24.2 Å². The number of hydrogen-bond acceptors (Lipinski definition) is 7. The average Bonchev–Trinajstić information content (AvgIpc) is 3.34.